The van der Waals surface area contributed by atoms with Crippen LogP contribution in [0.4, 0.5) is 0 Å². The third-order valence-corrected chi connectivity index (χ3v) is 4.60. The van der Waals surface area contributed by atoms with Crippen molar-refractivity contribution in [1.29, 1.82) is 0 Å². The van der Waals surface area contributed by atoms with Crippen LogP contribution in [0.3, 0.4) is 0 Å². The van der Waals surface area contributed by atoms with Gasteiger partial charge in [-0.25, -0.2) is 0 Å². The van der Waals surface area contributed by atoms with Gasteiger partial charge in [0.2, 0.25) is 0 Å². The molecule has 64 valence electrons. The van der Waals surface area contributed by atoms with Gasteiger partial charge in [-0.15, -0.1) is 11.8 Å². The van der Waals surface area contributed by atoms with Crippen LogP contribution in [0, 0.1) is 0 Å². The maximum Gasteiger partial charge on any atom is 0.160 e. The van der Waals surface area contributed by atoms with E-state index in [1.54, 1.807) is 11.8 Å². The first-order valence-corrected chi connectivity index (χ1v) is 6.02. The average molecular weight is 192 g/mol. The number of thioether (sulfide) groups is 1. The second-order valence-electron chi connectivity index (χ2n) is 3.07. The van der Waals surface area contributed by atoms with Gasteiger partial charge in [-0.1, -0.05) is 0 Å². The minimum absolute atomic E-state index is 0.123. The molecule has 1 unspecified atom stereocenters. The number of hydrogen-bond acceptors (Lipinski definition) is 3. The number of ketones is 1. The van der Waals surface area contributed by atoms with Crippen molar-refractivity contribution in [3.63, 3.8) is 0 Å². The second-order valence-corrected chi connectivity index (χ2v) is 6.36. The lowest BCUT2D eigenvalue weighted by Gasteiger charge is -2.18. The summed E-state index contributed by atoms with van der Waals surface area (Å²) < 4.78 is 10.7. The summed E-state index contributed by atoms with van der Waals surface area (Å²) in [6, 6.07) is 0. The molecular formula is C7H12O2S2. The normalized spacial score (nSPS) is 31.5. The quantitative estimate of drug-likeness (QED) is 0.570. The standard InChI is InChI=1S/C7H12O2S2/c1-7(2)6(8)5-11(9)4-3-10-7/h3-5H2,1-2H3. The fourth-order valence-corrected chi connectivity index (χ4v) is 3.57. The highest BCUT2D eigenvalue weighted by Crippen LogP contribution is 2.27. The molecule has 1 fully saturated rings. The zero-order valence-corrected chi connectivity index (χ0v) is 8.39. The molecule has 0 spiro atoms. The van der Waals surface area contributed by atoms with E-state index in [1.807, 2.05) is 13.8 Å². The Labute approximate surface area is 73.6 Å². The van der Waals surface area contributed by atoms with Gasteiger partial charge in [0.1, 0.15) is 0 Å². The summed E-state index contributed by atoms with van der Waals surface area (Å²) in [7, 11) is -0.905. The molecule has 11 heavy (non-hydrogen) atoms. The lowest BCUT2D eigenvalue weighted by molar-refractivity contribution is -0.118. The molecule has 1 atom stereocenters. The van der Waals surface area contributed by atoms with Crippen molar-refractivity contribution in [2.45, 2.75) is 18.6 Å². The van der Waals surface area contributed by atoms with Crippen LogP contribution >= 0.6 is 11.8 Å². The van der Waals surface area contributed by atoms with Crippen molar-refractivity contribution in [3.05, 3.63) is 0 Å². The van der Waals surface area contributed by atoms with Gasteiger partial charge in [0.05, 0.1) is 10.5 Å². The van der Waals surface area contributed by atoms with Gasteiger partial charge in [0.25, 0.3) is 0 Å². The van der Waals surface area contributed by atoms with Crippen molar-refractivity contribution in [3.8, 4) is 0 Å². The average Bonchev–Trinajstić information content (AvgIpc) is 1.94. The van der Waals surface area contributed by atoms with E-state index in [9.17, 15) is 9.00 Å². The molecule has 2 nitrogen and oxygen atoms in total. The zero-order valence-electron chi connectivity index (χ0n) is 6.75. The topological polar surface area (TPSA) is 34.1 Å². The van der Waals surface area contributed by atoms with Crippen molar-refractivity contribution in [2.75, 3.05) is 17.3 Å². The Kier molecular flexibility index (Phi) is 2.75. The Morgan fingerprint density at radius 2 is 2.18 bits per heavy atom. The van der Waals surface area contributed by atoms with Gasteiger partial charge < -0.3 is 0 Å². The Balaban J connectivity index is 2.73. The summed E-state index contributed by atoms with van der Waals surface area (Å²) in [5.74, 6) is 1.88. The third kappa shape index (κ3) is 2.30. The minimum Gasteiger partial charge on any atom is -0.297 e. The highest BCUT2D eigenvalue weighted by Gasteiger charge is 2.31. The molecule has 0 saturated carbocycles. The van der Waals surface area contributed by atoms with Gasteiger partial charge in [-0.3, -0.25) is 9.00 Å². The minimum atomic E-state index is -0.905. The smallest absolute Gasteiger partial charge is 0.160 e. The second kappa shape index (κ2) is 3.27. The Bertz CT molecular complexity index is 199. The van der Waals surface area contributed by atoms with E-state index in [-0.39, 0.29) is 16.3 Å². The Morgan fingerprint density at radius 1 is 1.55 bits per heavy atom. The summed E-state index contributed by atoms with van der Waals surface area (Å²) in [5.41, 5.74) is 0. The molecule has 0 aliphatic carbocycles. The van der Waals surface area contributed by atoms with Crippen LogP contribution < -0.4 is 0 Å². The summed E-state index contributed by atoms with van der Waals surface area (Å²) >= 11 is 1.61. The molecular weight excluding hydrogens is 180 g/mol. The SMILES string of the molecule is CC1(C)SCCS(=O)CC1=O. The molecule has 0 bridgehead atoms. The van der Waals surface area contributed by atoms with E-state index in [0.29, 0.717) is 5.75 Å². The van der Waals surface area contributed by atoms with E-state index in [1.165, 1.54) is 0 Å². The van der Waals surface area contributed by atoms with Gasteiger partial charge >= 0.3 is 0 Å². The van der Waals surface area contributed by atoms with Crippen molar-refractivity contribution >= 4 is 28.3 Å². The molecule has 0 radical (unpaired) electrons. The fraction of sp³-hybridized carbons (Fsp3) is 0.857. The molecule has 1 saturated heterocycles. The monoisotopic (exact) mass is 192 g/mol. The van der Waals surface area contributed by atoms with Crippen molar-refractivity contribution < 1.29 is 9.00 Å². The molecule has 0 aromatic rings. The third-order valence-electron chi connectivity index (χ3n) is 1.74. The molecule has 0 N–H and O–H groups in total. The molecule has 4 heteroatoms. The first-order valence-electron chi connectivity index (χ1n) is 3.54. The zero-order chi connectivity index (χ0) is 8.48. The predicted molar refractivity (Wildman–Crippen MR) is 49.4 cm³/mol. The van der Waals surface area contributed by atoms with Crippen LogP contribution in [-0.2, 0) is 15.6 Å². The van der Waals surface area contributed by atoms with Crippen LogP contribution in [0.5, 0.6) is 0 Å². The number of Topliss-reactive ketones (excluding diaryl/α,β-unsaturated/α-hetero) is 1. The highest BCUT2D eigenvalue weighted by molar-refractivity contribution is 8.02. The lowest BCUT2D eigenvalue weighted by Crippen LogP contribution is -2.30. The van der Waals surface area contributed by atoms with E-state index < -0.39 is 10.8 Å². The molecule has 1 rings (SSSR count). The molecule has 1 aliphatic heterocycles. The van der Waals surface area contributed by atoms with Crippen LogP contribution in [0.15, 0.2) is 0 Å². The molecule has 1 aliphatic rings. The number of rotatable bonds is 0. The first kappa shape index (κ1) is 9.26. The highest BCUT2D eigenvalue weighted by atomic mass is 32.2. The van der Waals surface area contributed by atoms with Crippen molar-refractivity contribution in [2.24, 2.45) is 0 Å². The van der Waals surface area contributed by atoms with Crippen molar-refractivity contribution in [1.82, 2.24) is 0 Å². The van der Waals surface area contributed by atoms with Crippen LogP contribution in [0.1, 0.15) is 13.8 Å². The van der Waals surface area contributed by atoms with Crippen LogP contribution in [-0.4, -0.2) is 32.0 Å². The van der Waals surface area contributed by atoms with Crippen LogP contribution in [0.2, 0.25) is 0 Å². The van der Waals surface area contributed by atoms with E-state index in [2.05, 4.69) is 0 Å². The van der Waals surface area contributed by atoms with E-state index in [4.69, 9.17) is 0 Å². The Morgan fingerprint density at radius 3 is 2.82 bits per heavy atom. The predicted octanol–water partition coefficient (Wildman–Crippen LogP) is 0.830. The number of hydrogen-bond donors (Lipinski definition) is 0. The Hall–Kier alpha value is 0.170. The van der Waals surface area contributed by atoms with Gasteiger partial charge in [-0.05, 0) is 13.8 Å². The lowest BCUT2D eigenvalue weighted by atomic mass is 10.1. The van der Waals surface area contributed by atoms with Gasteiger partial charge in [0, 0.05) is 22.3 Å². The maximum atomic E-state index is 11.3. The summed E-state index contributed by atoms with van der Waals surface area (Å²) in [6.07, 6.45) is 0. The van der Waals surface area contributed by atoms with Gasteiger partial charge in [0.15, 0.2) is 5.78 Å². The molecule has 0 aromatic carbocycles. The maximum absolute atomic E-state index is 11.3. The van der Waals surface area contributed by atoms with Gasteiger partial charge in [-0.2, -0.15) is 0 Å². The molecule has 0 amide bonds. The largest absolute Gasteiger partial charge is 0.297 e. The van der Waals surface area contributed by atoms with Crippen LogP contribution in [0.25, 0.3) is 0 Å². The van der Waals surface area contributed by atoms with E-state index in [0.717, 1.165) is 5.75 Å². The summed E-state index contributed by atoms with van der Waals surface area (Å²) in [4.78, 5) is 11.3. The fourth-order valence-electron chi connectivity index (χ4n) is 0.862. The number of carbonyl (C=O) groups excluding carboxylic acids is 1. The molecule has 1 heterocycles. The summed E-state index contributed by atoms with van der Waals surface area (Å²) in [6.45, 7) is 3.81. The number of carbonyl (C=O) groups is 1. The summed E-state index contributed by atoms with van der Waals surface area (Å²) in [5, 5.41) is 0. The molecule has 0 aromatic heterocycles. The van der Waals surface area contributed by atoms with E-state index >= 15 is 0 Å². The first-order chi connectivity index (χ1) is 5.02.